The van der Waals surface area contributed by atoms with Crippen molar-refractivity contribution in [3.05, 3.63) is 71.4 Å². The number of esters is 1. The number of aromatic nitrogens is 2. The topological polar surface area (TPSA) is 76.1 Å². The Labute approximate surface area is 158 Å². The molecule has 0 aliphatic heterocycles. The molecule has 1 heterocycles. The van der Waals surface area contributed by atoms with Crippen LogP contribution in [0.25, 0.3) is 0 Å². The molecule has 138 valence electrons. The predicted octanol–water partition coefficient (Wildman–Crippen LogP) is 4.62. The zero-order valence-corrected chi connectivity index (χ0v) is 15.6. The van der Waals surface area contributed by atoms with Crippen molar-refractivity contribution in [1.29, 1.82) is 0 Å². The lowest BCUT2D eigenvalue weighted by Crippen LogP contribution is -2.07. The fourth-order valence-electron chi connectivity index (χ4n) is 2.66. The molecule has 0 aliphatic rings. The summed E-state index contributed by atoms with van der Waals surface area (Å²) in [7, 11) is 1.36. The third-order valence-corrected chi connectivity index (χ3v) is 4.07. The Morgan fingerprint density at radius 2 is 1.78 bits per heavy atom. The van der Waals surface area contributed by atoms with Crippen LogP contribution < -0.4 is 10.6 Å². The minimum atomic E-state index is -0.404. The Hall–Kier alpha value is -3.41. The number of rotatable bonds is 6. The largest absolute Gasteiger partial charge is 0.465 e. The van der Waals surface area contributed by atoms with Crippen LogP contribution in [0.3, 0.4) is 0 Å². The quantitative estimate of drug-likeness (QED) is 0.623. The van der Waals surface area contributed by atoms with E-state index >= 15 is 0 Å². The normalized spacial score (nSPS) is 10.3. The van der Waals surface area contributed by atoms with Gasteiger partial charge in [-0.05, 0) is 43.2 Å². The van der Waals surface area contributed by atoms with Crippen LogP contribution in [0.5, 0.6) is 0 Å². The second-order valence-electron chi connectivity index (χ2n) is 6.06. The van der Waals surface area contributed by atoms with Gasteiger partial charge in [-0.2, -0.15) is 4.98 Å². The van der Waals surface area contributed by atoms with E-state index in [1.807, 2.05) is 31.2 Å². The summed E-state index contributed by atoms with van der Waals surface area (Å²) in [6.07, 6.45) is 0.995. The van der Waals surface area contributed by atoms with Gasteiger partial charge in [0.1, 0.15) is 5.82 Å². The molecule has 0 bridgehead atoms. The van der Waals surface area contributed by atoms with Crippen LogP contribution in [0, 0.1) is 6.92 Å². The van der Waals surface area contributed by atoms with Crippen molar-refractivity contribution in [1.82, 2.24) is 9.97 Å². The molecule has 1 aromatic heterocycles. The van der Waals surface area contributed by atoms with Gasteiger partial charge in [-0.1, -0.05) is 31.2 Å². The van der Waals surface area contributed by atoms with E-state index in [9.17, 15) is 4.79 Å². The molecule has 0 aliphatic carbocycles. The van der Waals surface area contributed by atoms with Gasteiger partial charge in [0.05, 0.1) is 18.4 Å². The van der Waals surface area contributed by atoms with E-state index in [0.717, 1.165) is 17.8 Å². The summed E-state index contributed by atoms with van der Waals surface area (Å²) in [5.74, 6) is 0.669. The number of nitrogens with one attached hydrogen (secondary N) is 2. The summed E-state index contributed by atoms with van der Waals surface area (Å²) >= 11 is 0. The molecule has 27 heavy (non-hydrogen) atoms. The predicted molar refractivity (Wildman–Crippen MR) is 107 cm³/mol. The van der Waals surface area contributed by atoms with E-state index < -0.39 is 5.97 Å². The zero-order chi connectivity index (χ0) is 19.2. The first-order valence-electron chi connectivity index (χ1n) is 8.75. The van der Waals surface area contributed by atoms with Crippen molar-refractivity contribution < 1.29 is 9.53 Å². The third-order valence-electron chi connectivity index (χ3n) is 4.07. The van der Waals surface area contributed by atoms with Gasteiger partial charge >= 0.3 is 5.97 Å². The van der Waals surface area contributed by atoms with Crippen LogP contribution in [0.1, 0.15) is 28.5 Å². The maximum absolute atomic E-state index is 11.9. The smallest absolute Gasteiger partial charge is 0.339 e. The Balaban J connectivity index is 1.84. The Morgan fingerprint density at radius 3 is 2.48 bits per heavy atom. The number of para-hydroxylation sites is 1. The highest BCUT2D eigenvalue weighted by molar-refractivity contribution is 5.96. The molecule has 0 spiro atoms. The second-order valence-corrected chi connectivity index (χ2v) is 6.06. The molecule has 2 N–H and O–H groups in total. The van der Waals surface area contributed by atoms with Gasteiger partial charge in [-0.15, -0.1) is 0 Å². The van der Waals surface area contributed by atoms with Gasteiger partial charge in [-0.25, -0.2) is 9.78 Å². The van der Waals surface area contributed by atoms with Crippen LogP contribution in [0.2, 0.25) is 0 Å². The van der Waals surface area contributed by atoms with Gasteiger partial charge < -0.3 is 15.4 Å². The summed E-state index contributed by atoms with van der Waals surface area (Å²) < 4.78 is 4.84. The number of anilines is 4. The number of carbonyl (C=O) groups excluding carboxylic acids is 1. The first-order chi connectivity index (χ1) is 13.1. The molecule has 0 saturated carbocycles. The number of hydrogen-bond donors (Lipinski definition) is 2. The molecular formula is C21H22N4O2. The van der Waals surface area contributed by atoms with Crippen molar-refractivity contribution >= 4 is 29.1 Å². The molecule has 0 saturated heterocycles. The zero-order valence-electron chi connectivity index (χ0n) is 15.6. The highest BCUT2D eigenvalue weighted by atomic mass is 16.5. The Kier molecular flexibility index (Phi) is 5.66. The van der Waals surface area contributed by atoms with Crippen molar-refractivity contribution in [2.45, 2.75) is 20.3 Å². The average molecular weight is 362 g/mol. The summed E-state index contributed by atoms with van der Waals surface area (Å²) in [6.45, 7) is 4.01. The van der Waals surface area contributed by atoms with E-state index in [1.165, 1.54) is 12.7 Å². The van der Waals surface area contributed by atoms with Gasteiger partial charge in [0.15, 0.2) is 0 Å². The van der Waals surface area contributed by atoms with Gasteiger partial charge in [-0.3, -0.25) is 0 Å². The van der Waals surface area contributed by atoms with Crippen LogP contribution in [0.4, 0.5) is 23.1 Å². The fraction of sp³-hybridized carbons (Fsp3) is 0.190. The maximum Gasteiger partial charge on any atom is 0.339 e. The minimum Gasteiger partial charge on any atom is -0.465 e. The van der Waals surface area contributed by atoms with Crippen molar-refractivity contribution in [3.8, 4) is 0 Å². The summed E-state index contributed by atoms with van der Waals surface area (Å²) in [5.41, 5.74) is 4.06. The van der Waals surface area contributed by atoms with E-state index in [0.29, 0.717) is 23.0 Å². The molecule has 0 radical (unpaired) electrons. The second kappa shape index (κ2) is 8.31. The first kappa shape index (κ1) is 18.4. The van der Waals surface area contributed by atoms with E-state index in [2.05, 4.69) is 39.7 Å². The number of aryl methyl sites for hydroxylation is 2. The molecule has 0 atom stereocenters. The average Bonchev–Trinajstić information content (AvgIpc) is 2.68. The lowest BCUT2D eigenvalue weighted by molar-refractivity contribution is 0.0602. The molecular weight excluding hydrogens is 340 g/mol. The molecule has 6 nitrogen and oxygen atoms in total. The Bertz CT molecular complexity index is 939. The molecule has 0 fully saturated rings. The first-order valence-corrected chi connectivity index (χ1v) is 8.75. The molecule has 3 rings (SSSR count). The molecule has 3 aromatic rings. The molecule has 2 aromatic carbocycles. The van der Waals surface area contributed by atoms with Gasteiger partial charge in [0.25, 0.3) is 0 Å². The number of nitrogens with zero attached hydrogens (tertiary/aromatic N) is 2. The van der Waals surface area contributed by atoms with Crippen molar-refractivity contribution in [2.75, 3.05) is 17.7 Å². The standard InChI is InChI=1S/C21H22N4O2/c1-4-15-9-11-16(12-10-15)23-21-22-14(2)13-19(25-21)24-18-8-6-5-7-17(18)20(26)27-3/h5-13H,4H2,1-3H3,(H2,22,23,24,25). The van der Waals surface area contributed by atoms with Crippen molar-refractivity contribution in [2.24, 2.45) is 0 Å². The molecule has 6 heteroatoms. The van der Waals surface area contributed by atoms with Crippen LogP contribution in [0.15, 0.2) is 54.6 Å². The van der Waals surface area contributed by atoms with Crippen LogP contribution in [-0.4, -0.2) is 23.0 Å². The molecule has 0 unspecified atom stereocenters. The summed E-state index contributed by atoms with van der Waals surface area (Å²) in [5, 5.41) is 6.40. The van der Waals surface area contributed by atoms with Crippen LogP contribution in [-0.2, 0) is 11.2 Å². The molecule has 0 amide bonds. The lowest BCUT2D eigenvalue weighted by atomic mass is 10.1. The third kappa shape index (κ3) is 4.61. The minimum absolute atomic E-state index is 0.404. The number of hydrogen-bond acceptors (Lipinski definition) is 6. The SMILES string of the molecule is CCc1ccc(Nc2nc(C)cc(Nc3ccccc3C(=O)OC)n2)cc1. The number of benzene rings is 2. The summed E-state index contributed by atoms with van der Waals surface area (Å²) in [6, 6.07) is 17.1. The monoisotopic (exact) mass is 362 g/mol. The fourth-order valence-corrected chi connectivity index (χ4v) is 2.66. The van der Waals surface area contributed by atoms with Gasteiger partial charge in [0.2, 0.25) is 5.95 Å². The van der Waals surface area contributed by atoms with Gasteiger partial charge in [0, 0.05) is 17.4 Å². The van der Waals surface area contributed by atoms with Crippen molar-refractivity contribution in [3.63, 3.8) is 0 Å². The summed E-state index contributed by atoms with van der Waals surface area (Å²) in [4.78, 5) is 20.9. The van der Waals surface area contributed by atoms with E-state index in [-0.39, 0.29) is 0 Å². The highest BCUT2D eigenvalue weighted by Crippen LogP contribution is 2.22. The number of ether oxygens (including phenoxy) is 1. The Morgan fingerprint density at radius 1 is 1.04 bits per heavy atom. The lowest BCUT2D eigenvalue weighted by Gasteiger charge is -2.12. The van der Waals surface area contributed by atoms with Crippen LogP contribution >= 0.6 is 0 Å². The van der Waals surface area contributed by atoms with E-state index in [1.54, 1.807) is 18.2 Å². The number of methoxy groups -OCH3 is 1. The van der Waals surface area contributed by atoms with E-state index in [4.69, 9.17) is 4.74 Å². The maximum atomic E-state index is 11.9. The number of carbonyl (C=O) groups is 1. The highest BCUT2D eigenvalue weighted by Gasteiger charge is 2.12.